The number of nitrogens with zero attached hydrogens (tertiary/aromatic N) is 3. The molecule has 0 saturated carbocycles. The number of nitrogens with one attached hydrogen (secondary N) is 1. The molecule has 1 aromatic carbocycles. The van der Waals surface area contributed by atoms with E-state index in [4.69, 9.17) is 11.6 Å². The summed E-state index contributed by atoms with van der Waals surface area (Å²) >= 11 is 8.67. The summed E-state index contributed by atoms with van der Waals surface area (Å²) < 4.78 is 0. The van der Waals surface area contributed by atoms with E-state index in [1.165, 1.54) is 22.7 Å². The average molecular weight is 399 g/mol. The van der Waals surface area contributed by atoms with Gasteiger partial charge in [-0.1, -0.05) is 23.7 Å². The molecule has 5 nitrogen and oxygen atoms in total. The second-order valence-corrected chi connectivity index (χ2v) is 7.43. The number of carbonyl (C=O) groups excluding carboxylic acids is 1. The number of thiazole rings is 2. The Morgan fingerprint density at radius 1 is 1.00 bits per heavy atom. The van der Waals surface area contributed by atoms with Gasteiger partial charge in [-0.3, -0.25) is 15.1 Å². The lowest BCUT2D eigenvalue weighted by Gasteiger charge is -1.98. The molecule has 3 heterocycles. The van der Waals surface area contributed by atoms with Crippen molar-refractivity contribution in [1.82, 2.24) is 15.0 Å². The van der Waals surface area contributed by atoms with E-state index in [1.807, 2.05) is 29.6 Å². The number of benzene rings is 1. The third kappa shape index (κ3) is 3.65. The zero-order valence-electron chi connectivity index (χ0n) is 13.2. The van der Waals surface area contributed by atoms with E-state index in [1.54, 1.807) is 29.9 Å². The summed E-state index contributed by atoms with van der Waals surface area (Å²) in [6, 6.07) is 11.1. The summed E-state index contributed by atoms with van der Waals surface area (Å²) in [6.45, 7) is 0. The molecule has 0 spiro atoms. The number of anilines is 1. The molecule has 0 aliphatic heterocycles. The van der Waals surface area contributed by atoms with Crippen LogP contribution in [0.1, 0.15) is 10.5 Å². The fourth-order valence-electron chi connectivity index (χ4n) is 2.24. The highest BCUT2D eigenvalue weighted by molar-refractivity contribution is 7.14. The van der Waals surface area contributed by atoms with Crippen LogP contribution in [0.4, 0.5) is 5.13 Å². The van der Waals surface area contributed by atoms with Crippen LogP contribution < -0.4 is 5.32 Å². The van der Waals surface area contributed by atoms with Crippen LogP contribution in [0.3, 0.4) is 0 Å². The summed E-state index contributed by atoms with van der Waals surface area (Å²) in [5.74, 6) is -0.284. The monoisotopic (exact) mass is 398 g/mol. The number of carbonyl (C=O) groups is 1. The SMILES string of the molecule is O=C(Nc1nc(-c2cccnc2)cs1)c1csc(-c2ccc(Cl)cc2)n1. The Kier molecular flexibility index (Phi) is 4.75. The first-order chi connectivity index (χ1) is 12.7. The highest BCUT2D eigenvalue weighted by atomic mass is 35.5. The standard InChI is InChI=1S/C18H11ClN4OS2/c19-13-5-3-11(4-6-13)17-21-15(10-25-17)16(24)23-18-22-14(9-26-18)12-2-1-7-20-8-12/h1-10H,(H,22,23,24). The van der Waals surface area contributed by atoms with Crippen LogP contribution in [-0.2, 0) is 0 Å². The van der Waals surface area contributed by atoms with Gasteiger partial charge in [-0.2, -0.15) is 0 Å². The van der Waals surface area contributed by atoms with Gasteiger partial charge in [0.25, 0.3) is 5.91 Å². The van der Waals surface area contributed by atoms with E-state index in [0.717, 1.165) is 21.8 Å². The minimum absolute atomic E-state index is 0.284. The number of hydrogen-bond acceptors (Lipinski definition) is 6. The molecule has 4 rings (SSSR count). The van der Waals surface area contributed by atoms with Crippen molar-refractivity contribution in [3.05, 3.63) is 70.3 Å². The first-order valence-corrected chi connectivity index (χ1v) is 9.71. The lowest BCUT2D eigenvalue weighted by atomic mass is 10.2. The number of amides is 1. The van der Waals surface area contributed by atoms with Gasteiger partial charge in [0.2, 0.25) is 0 Å². The van der Waals surface area contributed by atoms with Gasteiger partial charge in [0.05, 0.1) is 5.69 Å². The Morgan fingerprint density at radius 2 is 1.85 bits per heavy atom. The molecule has 1 N–H and O–H groups in total. The topological polar surface area (TPSA) is 67.8 Å². The summed E-state index contributed by atoms with van der Waals surface area (Å²) in [4.78, 5) is 25.3. The van der Waals surface area contributed by atoms with E-state index in [9.17, 15) is 4.79 Å². The van der Waals surface area contributed by atoms with Crippen LogP contribution in [0.5, 0.6) is 0 Å². The molecule has 8 heteroatoms. The number of halogens is 1. The molecule has 0 aliphatic carbocycles. The molecule has 0 saturated heterocycles. The molecule has 0 fully saturated rings. The minimum Gasteiger partial charge on any atom is -0.296 e. The first kappa shape index (κ1) is 16.8. The fraction of sp³-hybridized carbons (Fsp3) is 0. The van der Waals surface area contributed by atoms with Crippen LogP contribution in [0.2, 0.25) is 5.02 Å². The van der Waals surface area contributed by atoms with Crippen molar-refractivity contribution < 1.29 is 4.79 Å². The van der Waals surface area contributed by atoms with Crippen LogP contribution >= 0.6 is 34.3 Å². The average Bonchev–Trinajstić information content (AvgIpc) is 3.33. The van der Waals surface area contributed by atoms with Gasteiger partial charge in [-0.25, -0.2) is 9.97 Å². The third-order valence-corrected chi connectivity index (χ3v) is 5.41. The van der Waals surface area contributed by atoms with E-state index < -0.39 is 0 Å². The van der Waals surface area contributed by atoms with Crippen LogP contribution in [0.15, 0.2) is 59.6 Å². The maximum absolute atomic E-state index is 12.4. The molecule has 0 aliphatic rings. The Balaban J connectivity index is 1.49. The summed E-state index contributed by atoms with van der Waals surface area (Å²) in [5, 5.41) is 8.36. The number of pyridine rings is 1. The molecule has 0 unspecified atom stereocenters. The van der Waals surface area contributed by atoms with Gasteiger partial charge in [0, 0.05) is 39.3 Å². The van der Waals surface area contributed by atoms with Gasteiger partial charge in [-0.05, 0) is 24.3 Å². The Bertz CT molecular complexity index is 1040. The van der Waals surface area contributed by atoms with Gasteiger partial charge in [-0.15, -0.1) is 22.7 Å². The lowest BCUT2D eigenvalue weighted by Crippen LogP contribution is -2.12. The number of hydrogen-bond donors (Lipinski definition) is 1. The molecule has 3 aromatic heterocycles. The molecule has 0 bridgehead atoms. The van der Waals surface area contributed by atoms with E-state index in [2.05, 4.69) is 20.3 Å². The van der Waals surface area contributed by atoms with Gasteiger partial charge >= 0.3 is 0 Å². The zero-order chi connectivity index (χ0) is 17.9. The maximum Gasteiger partial charge on any atom is 0.276 e. The Hall–Kier alpha value is -2.61. The maximum atomic E-state index is 12.4. The normalized spacial score (nSPS) is 10.7. The predicted molar refractivity (Wildman–Crippen MR) is 106 cm³/mol. The zero-order valence-corrected chi connectivity index (χ0v) is 15.6. The predicted octanol–water partition coefficient (Wildman–Crippen LogP) is 5.23. The van der Waals surface area contributed by atoms with Crippen LogP contribution in [-0.4, -0.2) is 20.9 Å². The molecular formula is C18H11ClN4OS2. The lowest BCUT2D eigenvalue weighted by molar-refractivity contribution is 0.102. The second kappa shape index (κ2) is 7.33. The highest BCUT2D eigenvalue weighted by Gasteiger charge is 2.14. The number of rotatable bonds is 4. The summed E-state index contributed by atoms with van der Waals surface area (Å²) in [7, 11) is 0. The molecule has 128 valence electrons. The summed E-state index contributed by atoms with van der Waals surface area (Å²) in [5.41, 5.74) is 2.96. The Morgan fingerprint density at radius 3 is 2.62 bits per heavy atom. The fourth-order valence-corrected chi connectivity index (χ4v) is 3.89. The molecule has 1 amide bonds. The van der Waals surface area contributed by atoms with Crippen molar-refractivity contribution in [3.63, 3.8) is 0 Å². The highest BCUT2D eigenvalue weighted by Crippen LogP contribution is 2.27. The van der Waals surface area contributed by atoms with Crippen molar-refractivity contribution in [3.8, 4) is 21.8 Å². The summed E-state index contributed by atoms with van der Waals surface area (Å²) in [6.07, 6.45) is 3.44. The van der Waals surface area contributed by atoms with Crippen molar-refractivity contribution in [2.45, 2.75) is 0 Å². The molecule has 26 heavy (non-hydrogen) atoms. The van der Waals surface area contributed by atoms with Crippen molar-refractivity contribution in [2.24, 2.45) is 0 Å². The van der Waals surface area contributed by atoms with Gasteiger partial charge < -0.3 is 0 Å². The van der Waals surface area contributed by atoms with Crippen molar-refractivity contribution in [2.75, 3.05) is 5.32 Å². The number of aromatic nitrogens is 3. The van der Waals surface area contributed by atoms with Gasteiger partial charge in [0.15, 0.2) is 5.13 Å². The smallest absolute Gasteiger partial charge is 0.276 e. The Labute approximate surface area is 162 Å². The molecule has 0 atom stereocenters. The first-order valence-electron chi connectivity index (χ1n) is 7.58. The third-order valence-electron chi connectivity index (χ3n) is 3.51. The van der Waals surface area contributed by atoms with Crippen LogP contribution in [0, 0.1) is 0 Å². The second-order valence-electron chi connectivity index (χ2n) is 5.28. The molecule has 4 aromatic rings. The molecular weight excluding hydrogens is 388 g/mol. The van der Waals surface area contributed by atoms with Crippen LogP contribution in [0.25, 0.3) is 21.8 Å². The van der Waals surface area contributed by atoms with Gasteiger partial charge in [0.1, 0.15) is 10.7 Å². The van der Waals surface area contributed by atoms with Crippen molar-refractivity contribution in [1.29, 1.82) is 0 Å². The van der Waals surface area contributed by atoms with E-state index in [0.29, 0.717) is 15.8 Å². The van der Waals surface area contributed by atoms with E-state index >= 15 is 0 Å². The quantitative estimate of drug-likeness (QED) is 0.510. The minimum atomic E-state index is -0.284. The molecule has 0 radical (unpaired) electrons. The van der Waals surface area contributed by atoms with Crippen molar-refractivity contribution >= 4 is 45.3 Å². The van der Waals surface area contributed by atoms with E-state index in [-0.39, 0.29) is 5.91 Å². The largest absolute Gasteiger partial charge is 0.296 e.